The quantitative estimate of drug-likeness (QED) is 0.645. The molecule has 1 aliphatic heterocycles. The molecule has 24 heavy (non-hydrogen) atoms. The van der Waals surface area contributed by atoms with Crippen LogP contribution in [0.3, 0.4) is 0 Å². The maximum absolute atomic E-state index is 10.1. The first-order chi connectivity index (χ1) is 11.5. The molecule has 134 valence electrons. The van der Waals surface area contributed by atoms with E-state index in [1.165, 1.54) is 0 Å². The third kappa shape index (κ3) is 3.54. The van der Waals surface area contributed by atoms with Gasteiger partial charge in [-0.25, -0.2) is 0 Å². The lowest BCUT2D eigenvalue weighted by Gasteiger charge is -2.39. The maximum Gasteiger partial charge on any atom is 0.229 e. The van der Waals surface area contributed by atoms with E-state index in [1.807, 2.05) is 6.07 Å². The summed E-state index contributed by atoms with van der Waals surface area (Å²) in [6, 6.07) is 5.27. The zero-order valence-electron chi connectivity index (χ0n) is 13.2. The fourth-order valence-electron chi connectivity index (χ4n) is 3.47. The van der Waals surface area contributed by atoms with Crippen molar-refractivity contribution < 1.29 is 29.9 Å². The largest absolute Gasteiger partial charge is 0.462 e. The first-order valence-corrected chi connectivity index (χ1v) is 8.65. The first-order valence-electron chi connectivity index (χ1n) is 8.28. The number of hydrogen-bond donors (Lipinski definition) is 4. The average molecular weight is 359 g/mol. The van der Waals surface area contributed by atoms with E-state index < -0.39 is 37.3 Å². The SMILES string of the molecule is OCC1O[C@@H](Oc2ccc(Cl)cc2C2CCCC2)C(O)C(O)[C@H]1O. The van der Waals surface area contributed by atoms with Crippen molar-refractivity contribution in [2.75, 3.05) is 6.61 Å². The van der Waals surface area contributed by atoms with Gasteiger partial charge < -0.3 is 29.9 Å². The molecule has 1 saturated heterocycles. The molecule has 3 rings (SSSR count). The lowest BCUT2D eigenvalue weighted by Crippen LogP contribution is -2.60. The summed E-state index contributed by atoms with van der Waals surface area (Å²) in [5.74, 6) is 0.874. The third-order valence-electron chi connectivity index (χ3n) is 4.86. The molecule has 0 aromatic heterocycles. The van der Waals surface area contributed by atoms with Gasteiger partial charge in [0, 0.05) is 5.02 Å². The Balaban J connectivity index is 1.82. The molecular formula is C17H23ClO6. The van der Waals surface area contributed by atoms with Gasteiger partial charge in [0.25, 0.3) is 0 Å². The third-order valence-corrected chi connectivity index (χ3v) is 5.09. The van der Waals surface area contributed by atoms with Gasteiger partial charge in [-0.1, -0.05) is 24.4 Å². The van der Waals surface area contributed by atoms with Gasteiger partial charge in [-0.05, 0) is 42.5 Å². The van der Waals surface area contributed by atoms with Crippen molar-refractivity contribution in [1.29, 1.82) is 0 Å². The van der Waals surface area contributed by atoms with Crippen LogP contribution in [0.15, 0.2) is 18.2 Å². The highest BCUT2D eigenvalue weighted by Gasteiger charge is 2.45. The zero-order valence-corrected chi connectivity index (χ0v) is 14.0. The Hall–Kier alpha value is -0.890. The number of rotatable bonds is 4. The Morgan fingerprint density at radius 3 is 2.46 bits per heavy atom. The van der Waals surface area contributed by atoms with Crippen molar-refractivity contribution in [3.8, 4) is 5.75 Å². The molecule has 0 radical (unpaired) electrons. The van der Waals surface area contributed by atoms with Crippen LogP contribution < -0.4 is 4.74 Å². The Kier molecular flexibility index (Phi) is 5.64. The van der Waals surface area contributed by atoms with Gasteiger partial charge in [0.15, 0.2) is 0 Å². The van der Waals surface area contributed by atoms with Crippen molar-refractivity contribution >= 4 is 11.6 Å². The molecule has 1 saturated carbocycles. The van der Waals surface area contributed by atoms with Gasteiger partial charge in [-0.15, -0.1) is 0 Å². The van der Waals surface area contributed by atoms with Gasteiger partial charge >= 0.3 is 0 Å². The summed E-state index contributed by atoms with van der Waals surface area (Å²) in [6.07, 6.45) is -2.05. The van der Waals surface area contributed by atoms with Crippen LogP contribution in [-0.4, -0.2) is 57.7 Å². The van der Waals surface area contributed by atoms with Gasteiger partial charge in [-0.3, -0.25) is 0 Å². The zero-order chi connectivity index (χ0) is 17.3. The highest BCUT2D eigenvalue weighted by molar-refractivity contribution is 6.30. The van der Waals surface area contributed by atoms with E-state index >= 15 is 0 Å². The summed E-state index contributed by atoms with van der Waals surface area (Å²) in [5, 5.41) is 39.7. The van der Waals surface area contributed by atoms with E-state index in [-0.39, 0.29) is 0 Å². The second-order valence-electron chi connectivity index (χ2n) is 6.48. The van der Waals surface area contributed by atoms with E-state index in [4.69, 9.17) is 21.1 Å². The summed E-state index contributed by atoms with van der Waals surface area (Å²) in [7, 11) is 0. The van der Waals surface area contributed by atoms with E-state index in [0.717, 1.165) is 31.2 Å². The number of hydrogen-bond acceptors (Lipinski definition) is 6. The molecule has 2 aliphatic rings. The standard InChI is InChI=1S/C17H23ClO6/c18-10-5-6-12(11(7-10)9-3-1-2-4-9)23-17-16(22)15(21)14(20)13(8-19)24-17/h5-7,9,13-17,19-22H,1-4,8H2/t13?,14-,15?,16?,17+/m0/s1. The molecule has 4 N–H and O–H groups in total. The molecule has 5 atom stereocenters. The van der Waals surface area contributed by atoms with Gasteiger partial charge in [0.05, 0.1) is 6.61 Å². The summed E-state index contributed by atoms with van der Waals surface area (Å²) < 4.78 is 11.2. The second kappa shape index (κ2) is 7.56. The van der Waals surface area contributed by atoms with Crippen molar-refractivity contribution in [3.05, 3.63) is 28.8 Å². The van der Waals surface area contributed by atoms with Crippen LogP contribution in [0.25, 0.3) is 0 Å². The topological polar surface area (TPSA) is 99.4 Å². The minimum Gasteiger partial charge on any atom is -0.462 e. The van der Waals surface area contributed by atoms with Crippen LogP contribution in [0, 0.1) is 0 Å². The molecule has 1 aliphatic carbocycles. The van der Waals surface area contributed by atoms with Crippen molar-refractivity contribution in [1.82, 2.24) is 0 Å². The molecule has 0 amide bonds. The fraction of sp³-hybridized carbons (Fsp3) is 0.647. The van der Waals surface area contributed by atoms with Crippen LogP contribution in [0.5, 0.6) is 5.75 Å². The molecule has 6 nitrogen and oxygen atoms in total. The maximum atomic E-state index is 10.1. The Bertz CT molecular complexity index is 560. The van der Waals surface area contributed by atoms with Crippen molar-refractivity contribution in [3.63, 3.8) is 0 Å². The van der Waals surface area contributed by atoms with Gasteiger partial charge in [-0.2, -0.15) is 0 Å². The van der Waals surface area contributed by atoms with Crippen molar-refractivity contribution in [2.24, 2.45) is 0 Å². The molecule has 0 spiro atoms. The summed E-state index contributed by atoms with van der Waals surface area (Å²) >= 11 is 6.11. The average Bonchev–Trinajstić information content (AvgIpc) is 3.11. The molecule has 1 aromatic rings. The van der Waals surface area contributed by atoms with E-state index in [2.05, 4.69) is 0 Å². The number of aliphatic hydroxyl groups excluding tert-OH is 4. The lowest BCUT2D eigenvalue weighted by atomic mass is 9.96. The first kappa shape index (κ1) is 17.9. The smallest absolute Gasteiger partial charge is 0.229 e. The molecule has 1 aromatic carbocycles. The van der Waals surface area contributed by atoms with Crippen molar-refractivity contribution in [2.45, 2.75) is 62.3 Å². The Morgan fingerprint density at radius 2 is 1.79 bits per heavy atom. The number of ether oxygens (including phenoxy) is 2. The highest BCUT2D eigenvalue weighted by atomic mass is 35.5. The normalized spacial score (nSPS) is 34.5. The lowest BCUT2D eigenvalue weighted by molar-refractivity contribution is -0.277. The summed E-state index contributed by atoms with van der Waals surface area (Å²) in [6.45, 7) is -0.485. The Morgan fingerprint density at radius 1 is 1.08 bits per heavy atom. The van der Waals surface area contributed by atoms with Crippen LogP contribution in [0.1, 0.15) is 37.2 Å². The predicted molar refractivity (Wildman–Crippen MR) is 87.1 cm³/mol. The van der Waals surface area contributed by atoms with Gasteiger partial charge in [0.2, 0.25) is 6.29 Å². The monoisotopic (exact) mass is 358 g/mol. The van der Waals surface area contributed by atoms with Gasteiger partial charge in [0.1, 0.15) is 30.2 Å². The van der Waals surface area contributed by atoms with Crippen LogP contribution in [0.2, 0.25) is 5.02 Å². The minimum absolute atomic E-state index is 0.337. The number of benzene rings is 1. The van der Waals surface area contributed by atoms with Crippen LogP contribution in [0.4, 0.5) is 0 Å². The van der Waals surface area contributed by atoms with E-state index in [9.17, 15) is 20.4 Å². The van der Waals surface area contributed by atoms with Crippen LogP contribution >= 0.6 is 11.6 Å². The fourth-order valence-corrected chi connectivity index (χ4v) is 3.65. The summed E-state index contributed by atoms with van der Waals surface area (Å²) in [4.78, 5) is 0. The van der Waals surface area contributed by atoms with E-state index in [1.54, 1.807) is 12.1 Å². The molecule has 0 bridgehead atoms. The molecule has 2 fully saturated rings. The molecule has 7 heteroatoms. The van der Waals surface area contributed by atoms with E-state index in [0.29, 0.717) is 16.7 Å². The Labute approximate surface area is 145 Å². The van der Waals surface area contributed by atoms with Crippen LogP contribution in [-0.2, 0) is 4.74 Å². The number of aliphatic hydroxyl groups is 4. The molecule has 1 heterocycles. The minimum atomic E-state index is -1.46. The number of halogens is 1. The highest BCUT2D eigenvalue weighted by Crippen LogP contribution is 2.40. The predicted octanol–water partition coefficient (Wildman–Crippen LogP) is 1.18. The molecular weight excluding hydrogens is 336 g/mol. The molecule has 3 unspecified atom stereocenters. The second-order valence-corrected chi connectivity index (χ2v) is 6.92. The summed E-state index contributed by atoms with van der Waals surface area (Å²) in [5.41, 5.74) is 0.956.